The Morgan fingerprint density at radius 1 is 1.00 bits per heavy atom. The molecule has 1 atom stereocenters. The summed E-state index contributed by atoms with van der Waals surface area (Å²) < 4.78 is 10.8. The molecule has 34 heavy (non-hydrogen) atoms. The zero-order chi connectivity index (χ0) is 24.4. The van der Waals surface area contributed by atoms with Gasteiger partial charge in [-0.3, -0.25) is 14.5 Å². The van der Waals surface area contributed by atoms with Crippen LogP contribution >= 0.6 is 0 Å². The molecule has 174 valence electrons. The maximum atomic E-state index is 13.2. The number of ether oxygens (including phenoxy) is 2. The Balaban J connectivity index is 1.89. The zero-order valence-corrected chi connectivity index (χ0v) is 19.1. The molecule has 0 radical (unpaired) electrons. The Morgan fingerprint density at radius 3 is 2.26 bits per heavy atom. The summed E-state index contributed by atoms with van der Waals surface area (Å²) in [6.07, 6.45) is 0. The van der Waals surface area contributed by atoms with Gasteiger partial charge in [-0.25, -0.2) is 0 Å². The number of anilines is 1. The number of amides is 1. The van der Waals surface area contributed by atoms with Gasteiger partial charge in [0.15, 0.2) is 0 Å². The van der Waals surface area contributed by atoms with E-state index < -0.39 is 17.7 Å². The van der Waals surface area contributed by atoms with Crippen LogP contribution in [-0.4, -0.2) is 35.6 Å². The van der Waals surface area contributed by atoms with E-state index >= 15 is 0 Å². The molecule has 0 bridgehead atoms. The van der Waals surface area contributed by atoms with Crippen molar-refractivity contribution in [1.82, 2.24) is 0 Å². The van der Waals surface area contributed by atoms with E-state index in [2.05, 4.69) is 0 Å². The van der Waals surface area contributed by atoms with Crippen molar-refractivity contribution in [2.75, 3.05) is 18.6 Å². The monoisotopic (exact) mass is 459 g/mol. The Bertz CT molecular complexity index is 1260. The van der Waals surface area contributed by atoms with Crippen molar-refractivity contribution < 1.29 is 29.3 Å². The minimum Gasteiger partial charge on any atom is -0.508 e. The molecule has 0 aromatic heterocycles. The average Bonchev–Trinajstić information content (AvgIpc) is 3.11. The van der Waals surface area contributed by atoms with Gasteiger partial charge in [0.05, 0.1) is 25.3 Å². The standard InChI is InChI=1S/C27H25NO6/c1-4-34-22-14-7-18(15-16(22)2)25(30)23-24(17-5-10-20(29)11-6-17)28(27(32)26(23)31)19-8-12-21(33-3)13-9-19/h5-15,24,29-30H,4H2,1-3H3/b25-23-. The van der Waals surface area contributed by atoms with Crippen LogP contribution in [0.5, 0.6) is 17.2 Å². The first-order chi connectivity index (χ1) is 16.3. The number of nitrogens with zero attached hydrogens (tertiary/aromatic N) is 1. The van der Waals surface area contributed by atoms with Gasteiger partial charge in [0, 0.05) is 11.3 Å². The van der Waals surface area contributed by atoms with E-state index in [1.807, 2.05) is 13.8 Å². The highest BCUT2D eigenvalue weighted by Gasteiger charge is 2.47. The van der Waals surface area contributed by atoms with Crippen molar-refractivity contribution >= 4 is 23.1 Å². The van der Waals surface area contributed by atoms with Crippen LogP contribution < -0.4 is 14.4 Å². The number of benzene rings is 3. The number of ketones is 1. The van der Waals surface area contributed by atoms with Crippen LogP contribution in [0.15, 0.2) is 72.3 Å². The van der Waals surface area contributed by atoms with Crippen LogP contribution in [0.4, 0.5) is 5.69 Å². The third-order valence-corrected chi connectivity index (χ3v) is 5.75. The van der Waals surface area contributed by atoms with Crippen LogP contribution in [-0.2, 0) is 9.59 Å². The van der Waals surface area contributed by atoms with Crippen LogP contribution in [0.2, 0.25) is 0 Å². The van der Waals surface area contributed by atoms with Gasteiger partial charge in [0.25, 0.3) is 11.7 Å². The SMILES string of the molecule is CCOc1ccc(/C(O)=C2/C(=O)C(=O)N(c3ccc(OC)cc3)C2c2ccc(O)cc2)cc1C. The maximum absolute atomic E-state index is 13.2. The van der Waals surface area contributed by atoms with Gasteiger partial charge in [-0.1, -0.05) is 12.1 Å². The molecule has 1 fully saturated rings. The summed E-state index contributed by atoms with van der Waals surface area (Å²) in [6.45, 7) is 4.22. The molecule has 7 heteroatoms. The number of phenols is 1. The molecule has 1 aliphatic rings. The first-order valence-electron chi connectivity index (χ1n) is 10.8. The van der Waals surface area contributed by atoms with E-state index in [0.717, 1.165) is 5.56 Å². The van der Waals surface area contributed by atoms with Crippen molar-refractivity contribution in [3.05, 3.63) is 89.0 Å². The second-order valence-electron chi connectivity index (χ2n) is 7.87. The molecule has 0 saturated carbocycles. The highest BCUT2D eigenvalue weighted by atomic mass is 16.5. The van der Waals surface area contributed by atoms with Gasteiger partial charge < -0.3 is 19.7 Å². The van der Waals surface area contributed by atoms with E-state index in [1.54, 1.807) is 54.6 Å². The second-order valence-corrected chi connectivity index (χ2v) is 7.87. The van der Waals surface area contributed by atoms with Crippen LogP contribution in [0.3, 0.4) is 0 Å². The summed E-state index contributed by atoms with van der Waals surface area (Å²) in [4.78, 5) is 27.8. The van der Waals surface area contributed by atoms with E-state index in [0.29, 0.717) is 34.9 Å². The van der Waals surface area contributed by atoms with Gasteiger partial charge in [-0.2, -0.15) is 0 Å². The number of hydrogen-bond donors (Lipinski definition) is 2. The third kappa shape index (κ3) is 4.08. The van der Waals surface area contributed by atoms with Crippen molar-refractivity contribution in [2.45, 2.75) is 19.9 Å². The van der Waals surface area contributed by atoms with Crippen LogP contribution in [0.25, 0.3) is 5.76 Å². The second kappa shape index (κ2) is 9.31. The van der Waals surface area contributed by atoms with Gasteiger partial charge >= 0.3 is 0 Å². The Labute approximate surface area is 197 Å². The van der Waals surface area contributed by atoms with Gasteiger partial charge in [0.2, 0.25) is 0 Å². The fourth-order valence-corrected chi connectivity index (χ4v) is 4.08. The number of hydrogen-bond acceptors (Lipinski definition) is 6. The smallest absolute Gasteiger partial charge is 0.300 e. The Hall–Kier alpha value is -4.26. The quantitative estimate of drug-likeness (QED) is 0.314. The lowest BCUT2D eigenvalue weighted by molar-refractivity contribution is -0.132. The molecule has 1 heterocycles. The summed E-state index contributed by atoms with van der Waals surface area (Å²) in [5, 5.41) is 21.0. The lowest BCUT2D eigenvalue weighted by Crippen LogP contribution is -2.29. The fraction of sp³-hybridized carbons (Fsp3) is 0.185. The largest absolute Gasteiger partial charge is 0.508 e. The predicted octanol–water partition coefficient (Wildman–Crippen LogP) is 4.73. The number of methoxy groups -OCH3 is 1. The molecule has 4 rings (SSSR count). The molecule has 3 aromatic rings. The molecule has 1 saturated heterocycles. The van der Waals surface area contributed by atoms with E-state index in [1.165, 1.54) is 24.1 Å². The first-order valence-corrected chi connectivity index (χ1v) is 10.8. The summed E-state index contributed by atoms with van der Waals surface area (Å²) in [5.74, 6) is -0.504. The number of aromatic hydroxyl groups is 1. The lowest BCUT2D eigenvalue weighted by Gasteiger charge is -2.25. The molecular formula is C27H25NO6. The molecule has 3 aromatic carbocycles. The number of carbonyl (C=O) groups is 2. The van der Waals surface area contributed by atoms with Gasteiger partial charge in [0.1, 0.15) is 23.0 Å². The molecule has 1 aliphatic heterocycles. The Morgan fingerprint density at radius 2 is 1.68 bits per heavy atom. The highest BCUT2D eigenvalue weighted by Crippen LogP contribution is 2.43. The van der Waals surface area contributed by atoms with E-state index in [4.69, 9.17) is 9.47 Å². The zero-order valence-electron chi connectivity index (χ0n) is 19.1. The summed E-state index contributed by atoms with van der Waals surface area (Å²) in [6, 6.07) is 17.2. The number of aliphatic hydroxyl groups excluding tert-OH is 1. The Kier molecular flexibility index (Phi) is 6.27. The van der Waals surface area contributed by atoms with Gasteiger partial charge in [-0.05, 0) is 79.6 Å². The van der Waals surface area contributed by atoms with Crippen molar-refractivity contribution in [3.8, 4) is 17.2 Å². The summed E-state index contributed by atoms with van der Waals surface area (Å²) in [7, 11) is 1.54. The normalized spacial score (nSPS) is 17.1. The number of aryl methyl sites for hydroxylation is 1. The molecule has 0 aliphatic carbocycles. The van der Waals surface area contributed by atoms with Crippen molar-refractivity contribution in [3.63, 3.8) is 0 Å². The van der Waals surface area contributed by atoms with Crippen molar-refractivity contribution in [2.24, 2.45) is 0 Å². The lowest BCUT2D eigenvalue weighted by atomic mass is 9.94. The average molecular weight is 459 g/mol. The summed E-state index contributed by atoms with van der Waals surface area (Å²) in [5.41, 5.74) is 2.20. The minimum atomic E-state index is -0.888. The first kappa shape index (κ1) is 22.9. The molecule has 0 spiro atoms. The molecule has 7 nitrogen and oxygen atoms in total. The maximum Gasteiger partial charge on any atom is 0.300 e. The predicted molar refractivity (Wildman–Crippen MR) is 128 cm³/mol. The number of carbonyl (C=O) groups excluding carboxylic acids is 2. The number of phenolic OH excluding ortho intramolecular Hbond substituents is 1. The third-order valence-electron chi connectivity index (χ3n) is 5.75. The molecular weight excluding hydrogens is 434 g/mol. The van der Waals surface area contributed by atoms with Crippen molar-refractivity contribution in [1.29, 1.82) is 0 Å². The summed E-state index contributed by atoms with van der Waals surface area (Å²) >= 11 is 0. The van der Waals surface area contributed by atoms with Gasteiger partial charge in [-0.15, -0.1) is 0 Å². The van der Waals surface area contributed by atoms with E-state index in [-0.39, 0.29) is 17.1 Å². The molecule has 1 amide bonds. The molecule has 2 N–H and O–H groups in total. The number of rotatable bonds is 6. The van der Waals surface area contributed by atoms with Crippen LogP contribution in [0.1, 0.15) is 29.7 Å². The fourth-order valence-electron chi connectivity index (χ4n) is 4.08. The van der Waals surface area contributed by atoms with Crippen LogP contribution in [0, 0.1) is 6.92 Å². The minimum absolute atomic E-state index is 0.0323. The highest BCUT2D eigenvalue weighted by molar-refractivity contribution is 6.51. The van der Waals surface area contributed by atoms with E-state index in [9.17, 15) is 19.8 Å². The number of aliphatic hydroxyl groups is 1. The number of Topliss-reactive ketones (excluding diaryl/α,β-unsaturated/α-hetero) is 1. The topological polar surface area (TPSA) is 96.3 Å². The molecule has 1 unspecified atom stereocenters.